The number of nitrogens with two attached hydrogens (primary N) is 1. The molecule has 0 atom stereocenters. The molecule has 0 aliphatic carbocycles. The summed E-state index contributed by atoms with van der Waals surface area (Å²) < 4.78 is 29.1. The lowest BCUT2D eigenvalue weighted by Gasteiger charge is -2.22. The maximum Gasteiger partial charge on any atom is 0.387 e. The van der Waals surface area contributed by atoms with Crippen molar-refractivity contribution in [2.75, 3.05) is 13.1 Å². The molecule has 0 saturated carbocycles. The van der Waals surface area contributed by atoms with Gasteiger partial charge < -0.3 is 20.6 Å². The summed E-state index contributed by atoms with van der Waals surface area (Å²) in [7, 11) is 0. The summed E-state index contributed by atoms with van der Waals surface area (Å²) in [6, 6.07) is 5.70. The lowest BCUT2D eigenvalue weighted by molar-refractivity contribution is -0.0502. The van der Waals surface area contributed by atoms with Crippen LogP contribution in [0.5, 0.6) is 5.75 Å². The maximum absolute atomic E-state index is 12.4. The first kappa shape index (κ1) is 16.7. The summed E-state index contributed by atoms with van der Waals surface area (Å²) in [5.41, 5.74) is 5.39. The van der Waals surface area contributed by atoms with Gasteiger partial charge in [0.05, 0.1) is 12.1 Å². The molecule has 116 valence electrons. The number of alkyl halides is 2. The van der Waals surface area contributed by atoms with E-state index in [0.717, 1.165) is 0 Å². The summed E-state index contributed by atoms with van der Waals surface area (Å²) in [6.45, 7) is -0.957. The Morgan fingerprint density at radius 3 is 2.71 bits per heavy atom. The molecule has 3 N–H and O–H groups in total. The fourth-order valence-electron chi connectivity index (χ4n) is 1.76. The Kier molecular flexibility index (Phi) is 6.38. The van der Waals surface area contributed by atoms with Gasteiger partial charge in [-0.1, -0.05) is 24.2 Å². The van der Waals surface area contributed by atoms with Crippen LogP contribution in [0, 0.1) is 0 Å². The molecule has 0 saturated heterocycles. The lowest BCUT2D eigenvalue weighted by Crippen LogP contribution is -2.39. The average Bonchev–Trinajstić information content (AvgIpc) is 2.46. The van der Waals surface area contributed by atoms with Crippen molar-refractivity contribution in [1.82, 2.24) is 4.90 Å². The quantitative estimate of drug-likeness (QED) is 0.348. The van der Waals surface area contributed by atoms with Crippen molar-refractivity contribution < 1.29 is 23.5 Å². The number of hydrogen-bond acceptors (Lipinski definition) is 4. The summed E-state index contributed by atoms with van der Waals surface area (Å²) in [5, 5.41) is 11.4. The number of ether oxygens (including phenoxy) is 1. The summed E-state index contributed by atoms with van der Waals surface area (Å²) in [6.07, 6.45) is 0.627. The van der Waals surface area contributed by atoms with E-state index < -0.39 is 12.5 Å². The van der Waals surface area contributed by atoms with E-state index in [4.69, 9.17) is 10.9 Å². The Morgan fingerprint density at radius 1 is 1.48 bits per heavy atom. The van der Waals surface area contributed by atoms with Crippen LogP contribution in [-0.2, 0) is 0 Å². The van der Waals surface area contributed by atoms with Crippen molar-refractivity contribution in [2.45, 2.75) is 20.0 Å². The average molecular weight is 301 g/mol. The maximum atomic E-state index is 12.4. The molecule has 0 fully saturated rings. The van der Waals surface area contributed by atoms with E-state index in [0.29, 0.717) is 13.0 Å². The predicted molar refractivity (Wildman–Crippen MR) is 72.7 cm³/mol. The number of para-hydroxylation sites is 1. The second kappa shape index (κ2) is 8.03. The van der Waals surface area contributed by atoms with E-state index in [-0.39, 0.29) is 23.7 Å². The number of carbonyl (C=O) groups is 1. The van der Waals surface area contributed by atoms with Crippen LogP contribution in [0.15, 0.2) is 29.4 Å². The highest BCUT2D eigenvalue weighted by Gasteiger charge is 2.21. The minimum atomic E-state index is -3.03. The van der Waals surface area contributed by atoms with Crippen LogP contribution >= 0.6 is 0 Å². The predicted octanol–water partition coefficient (Wildman–Crippen LogP) is 1.89. The van der Waals surface area contributed by atoms with Crippen LogP contribution in [0.2, 0.25) is 0 Å². The number of oxime groups is 1. The molecule has 21 heavy (non-hydrogen) atoms. The SMILES string of the molecule is CCCN(CC(N)=NO)C(=O)c1ccccc1OC(F)F. The third-order valence-electron chi connectivity index (χ3n) is 2.60. The van der Waals surface area contributed by atoms with Gasteiger partial charge in [-0.2, -0.15) is 8.78 Å². The molecule has 0 bridgehead atoms. The zero-order valence-corrected chi connectivity index (χ0v) is 11.5. The molecule has 0 aliphatic heterocycles. The largest absolute Gasteiger partial charge is 0.434 e. The zero-order valence-electron chi connectivity index (χ0n) is 11.5. The van der Waals surface area contributed by atoms with Crippen LogP contribution in [0.4, 0.5) is 8.78 Å². The Morgan fingerprint density at radius 2 is 2.14 bits per heavy atom. The zero-order chi connectivity index (χ0) is 15.8. The Hall–Kier alpha value is -2.38. The fraction of sp³-hybridized carbons (Fsp3) is 0.385. The first-order valence-corrected chi connectivity index (χ1v) is 6.29. The van der Waals surface area contributed by atoms with Gasteiger partial charge >= 0.3 is 6.61 Å². The molecule has 0 spiro atoms. The highest BCUT2D eigenvalue weighted by atomic mass is 19.3. The minimum absolute atomic E-state index is 0.00279. The fourth-order valence-corrected chi connectivity index (χ4v) is 1.76. The molecule has 0 radical (unpaired) electrons. The van der Waals surface area contributed by atoms with E-state index in [9.17, 15) is 13.6 Å². The van der Waals surface area contributed by atoms with Gasteiger partial charge in [-0.25, -0.2) is 0 Å². The van der Waals surface area contributed by atoms with E-state index in [2.05, 4.69) is 9.89 Å². The van der Waals surface area contributed by atoms with E-state index >= 15 is 0 Å². The number of benzene rings is 1. The number of rotatable bonds is 7. The Labute approximate surface area is 120 Å². The van der Waals surface area contributed by atoms with Crippen molar-refractivity contribution in [3.05, 3.63) is 29.8 Å². The molecule has 1 aromatic carbocycles. The van der Waals surface area contributed by atoms with Gasteiger partial charge in [0.2, 0.25) is 0 Å². The van der Waals surface area contributed by atoms with E-state index in [1.807, 2.05) is 6.92 Å². The second-order valence-corrected chi connectivity index (χ2v) is 4.19. The number of halogens is 2. The van der Waals surface area contributed by atoms with Crippen molar-refractivity contribution in [2.24, 2.45) is 10.9 Å². The monoisotopic (exact) mass is 301 g/mol. The van der Waals surface area contributed by atoms with Crippen LogP contribution in [0.1, 0.15) is 23.7 Å². The molecule has 6 nitrogen and oxygen atoms in total. The topological polar surface area (TPSA) is 88.1 Å². The normalized spacial score (nSPS) is 11.5. The highest BCUT2D eigenvalue weighted by Crippen LogP contribution is 2.22. The van der Waals surface area contributed by atoms with Crippen LogP contribution in [0.3, 0.4) is 0 Å². The molecule has 0 aliphatic rings. The minimum Gasteiger partial charge on any atom is -0.434 e. The van der Waals surface area contributed by atoms with Crippen LogP contribution in [0.25, 0.3) is 0 Å². The van der Waals surface area contributed by atoms with E-state index in [1.165, 1.54) is 23.1 Å². The lowest BCUT2D eigenvalue weighted by atomic mass is 10.1. The smallest absolute Gasteiger partial charge is 0.387 e. The molecular formula is C13H17F2N3O3. The van der Waals surface area contributed by atoms with Crippen molar-refractivity contribution in [3.63, 3.8) is 0 Å². The summed E-state index contributed by atoms with van der Waals surface area (Å²) >= 11 is 0. The standard InChI is InChI=1S/C13H17F2N3O3/c1-2-7-18(8-11(16)17-20)12(19)9-5-3-4-6-10(9)21-13(14)15/h3-6,13,20H,2,7-8H2,1H3,(H2,16,17). The summed E-state index contributed by atoms with van der Waals surface area (Å²) in [5.74, 6) is -0.887. The number of carbonyl (C=O) groups excluding carboxylic acids is 1. The molecule has 1 amide bonds. The molecular weight excluding hydrogens is 284 g/mol. The van der Waals surface area contributed by atoms with Crippen LogP contribution < -0.4 is 10.5 Å². The number of hydrogen-bond donors (Lipinski definition) is 2. The third-order valence-corrected chi connectivity index (χ3v) is 2.60. The molecule has 0 aromatic heterocycles. The van der Waals surface area contributed by atoms with Crippen molar-refractivity contribution >= 4 is 11.7 Å². The summed E-state index contributed by atoms with van der Waals surface area (Å²) in [4.78, 5) is 13.7. The van der Waals surface area contributed by atoms with Gasteiger partial charge in [0.15, 0.2) is 5.84 Å². The number of amidine groups is 1. The van der Waals surface area contributed by atoms with Crippen molar-refractivity contribution in [1.29, 1.82) is 0 Å². The van der Waals surface area contributed by atoms with E-state index in [1.54, 1.807) is 6.07 Å². The van der Waals surface area contributed by atoms with Crippen molar-refractivity contribution in [3.8, 4) is 5.75 Å². The number of nitrogens with zero attached hydrogens (tertiary/aromatic N) is 2. The van der Waals surface area contributed by atoms with Gasteiger partial charge in [0.1, 0.15) is 5.75 Å². The molecule has 8 heteroatoms. The van der Waals surface area contributed by atoms with Gasteiger partial charge in [-0.15, -0.1) is 0 Å². The van der Waals surface area contributed by atoms with Gasteiger partial charge in [0, 0.05) is 6.54 Å². The molecule has 0 heterocycles. The molecule has 1 rings (SSSR count). The highest BCUT2D eigenvalue weighted by molar-refractivity contribution is 5.99. The third kappa shape index (κ3) is 4.90. The molecule has 0 unspecified atom stereocenters. The first-order valence-electron chi connectivity index (χ1n) is 6.29. The molecule has 1 aromatic rings. The second-order valence-electron chi connectivity index (χ2n) is 4.19. The Balaban J connectivity index is 3.03. The first-order chi connectivity index (χ1) is 9.99. The van der Waals surface area contributed by atoms with Gasteiger partial charge in [0.25, 0.3) is 5.91 Å². The Bertz CT molecular complexity index is 509. The van der Waals surface area contributed by atoms with Gasteiger partial charge in [-0.3, -0.25) is 4.79 Å². The van der Waals surface area contributed by atoms with Crippen LogP contribution in [-0.4, -0.2) is 41.6 Å². The number of amides is 1. The van der Waals surface area contributed by atoms with Gasteiger partial charge in [-0.05, 0) is 18.6 Å².